The van der Waals surface area contributed by atoms with Crippen molar-refractivity contribution in [3.63, 3.8) is 0 Å². The maximum Gasteiger partial charge on any atom is 0.118 e. The van der Waals surface area contributed by atoms with E-state index in [1.54, 1.807) is 7.11 Å². The van der Waals surface area contributed by atoms with Gasteiger partial charge in [-0.25, -0.2) is 0 Å². The number of hydrogen-bond donors (Lipinski definition) is 2. The Morgan fingerprint density at radius 2 is 1.70 bits per heavy atom. The summed E-state index contributed by atoms with van der Waals surface area (Å²) >= 11 is 0. The van der Waals surface area contributed by atoms with Gasteiger partial charge in [0.05, 0.1) is 12.7 Å². The monoisotopic (exact) mass is 279 g/mol. The Kier molecular flexibility index (Phi) is 6.03. The van der Waals surface area contributed by atoms with Gasteiger partial charge in [-0.05, 0) is 43.4 Å². The predicted octanol–water partition coefficient (Wildman–Crippen LogP) is 3.18. The van der Waals surface area contributed by atoms with Gasteiger partial charge in [-0.15, -0.1) is 0 Å². The zero-order chi connectivity index (χ0) is 15.3. The molecule has 2 N–H and O–H groups in total. The minimum absolute atomic E-state index is 0.235. The average Bonchev–Trinajstić information content (AvgIpc) is 2.44. The van der Waals surface area contributed by atoms with Crippen LogP contribution in [0.25, 0.3) is 0 Å². The van der Waals surface area contributed by atoms with Crippen LogP contribution in [-0.2, 0) is 0 Å². The first kappa shape index (κ1) is 17.0. The topological polar surface area (TPSA) is 41.5 Å². The molecular weight excluding hydrogens is 250 g/mol. The summed E-state index contributed by atoms with van der Waals surface area (Å²) in [7, 11) is 1.68. The van der Waals surface area contributed by atoms with Crippen LogP contribution >= 0.6 is 0 Å². The zero-order valence-corrected chi connectivity index (χ0v) is 13.6. The molecular formula is C17H29NO2. The molecule has 0 aliphatic heterocycles. The summed E-state index contributed by atoms with van der Waals surface area (Å²) in [5.41, 5.74) is 0.600. The van der Waals surface area contributed by atoms with E-state index in [-0.39, 0.29) is 5.92 Å². The summed E-state index contributed by atoms with van der Waals surface area (Å²) in [5.74, 6) is 1.49. The lowest BCUT2D eigenvalue weighted by atomic mass is 9.90. The quantitative estimate of drug-likeness (QED) is 0.805. The molecule has 0 bridgehead atoms. The van der Waals surface area contributed by atoms with E-state index in [0.29, 0.717) is 18.5 Å². The lowest BCUT2D eigenvalue weighted by Crippen LogP contribution is -2.46. The van der Waals surface area contributed by atoms with Crippen LogP contribution in [0.3, 0.4) is 0 Å². The van der Waals surface area contributed by atoms with Gasteiger partial charge in [0.15, 0.2) is 0 Å². The summed E-state index contributed by atoms with van der Waals surface area (Å²) in [6.45, 7) is 10.9. The molecule has 0 amide bonds. The van der Waals surface area contributed by atoms with Gasteiger partial charge in [-0.2, -0.15) is 0 Å². The van der Waals surface area contributed by atoms with Gasteiger partial charge in [0, 0.05) is 12.6 Å². The van der Waals surface area contributed by atoms with Crippen LogP contribution < -0.4 is 10.1 Å². The van der Waals surface area contributed by atoms with Crippen molar-refractivity contribution < 1.29 is 9.84 Å². The maximum absolute atomic E-state index is 10.3. The molecule has 3 atom stereocenters. The molecule has 0 aliphatic carbocycles. The molecule has 3 unspecified atom stereocenters. The van der Waals surface area contributed by atoms with Crippen LogP contribution in [0.4, 0.5) is 0 Å². The van der Waals surface area contributed by atoms with Crippen LogP contribution in [0.1, 0.15) is 46.1 Å². The molecule has 0 spiro atoms. The second-order valence-corrected chi connectivity index (χ2v) is 6.24. The van der Waals surface area contributed by atoms with Crippen LogP contribution in [0, 0.1) is 5.92 Å². The third-order valence-electron chi connectivity index (χ3n) is 4.42. The number of methoxy groups -OCH3 is 1. The number of ether oxygens (including phenoxy) is 1. The predicted molar refractivity (Wildman–Crippen MR) is 84.3 cm³/mol. The van der Waals surface area contributed by atoms with Crippen molar-refractivity contribution in [1.29, 1.82) is 0 Å². The highest BCUT2D eigenvalue weighted by molar-refractivity contribution is 5.29. The molecule has 0 saturated heterocycles. The molecule has 114 valence electrons. The normalized spacial score (nSPS) is 17.6. The number of nitrogens with one attached hydrogen (secondary N) is 1. The van der Waals surface area contributed by atoms with E-state index >= 15 is 0 Å². The fraction of sp³-hybridized carbons (Fsp3) is 0.647. The lowest BCUT2D eigenvalue weighted by Gasteiger charge is -2.31. The van der Waals surface area contributed by atoms with Crippen molar-refractivity contribution in [2.45, 2.75) is 52.2 Å². The number of aliphatic hydroxyl groups is 1. The summed E-state index contributed by atoms with van der Waals surface area (Å²) in [6, 6.07) is 8.48. The fourth-order valence-corrected chi connectivity index (χ4v) is 1.94. The molecule has 0 radical (unpaired) electrons. The van der Waals surface area contributed by atoms with E-state index in [2.05, 4.69) is 31.3 Å². The number of rotatable bonds is 7. The Hall–Kier alpha value is -1.06. The van der Waals surface area contributed by atoms with Crippen LogP contribution in [-0.4, -0.2) is 30.4 Å². The van der Waals surface area contributed by atoms with Crippen molar-refractivity contribution in [2.75, 3.05) is 13.7 Å². The Bertz CT molecular complexity index is 398. The van der Waals surface area contributed by atoms with Gasteiger partial charge in [0.2, 0.25) is 0 Å². The average molecular weight is 279 g/mol. The smallest absolute Gasteiger partial charge is 0.118 e. The van der Waals surface area contributed by atoms with Crippen molar-refractivity contribution in [3.05, 3.63) is 29.8 Å². The van der Waals surface area contributed by atoms with Crippen molar-refractivity contribution in [2.24, 2.45) is 5.92 Å². The van der Waals surface area contributed by atoms with Crippen LogP contribution in [0.5, 0.6) is 5.75 Å². The highest BCUT2D eigenvalue weighted by Crippen LogP contribution is 2.23. The third kappa shape index (κ3) is 4.50. The summed E-state index contributed by atoms with van der Waals surface area (Å²) in [5, 5.41) is 13.7. The third-order valence-corrected chi connectivity index (χ3v) is 4.42. The second kappa shape index (κ2) is 7.09. The Morgan fingerprint density at radius 1 is 1.15 bits per heavy atom. The largest absolute Gasteiger partial charge is 0.497 e. The van der Waals surface area contributed by atoms with E-state index in [0.717, 1.165) is 5.75 Å². The maximum atomic E-state index is 10.3. The molecule has 0 aliphatic rings. The lowest BCUT2D eigenvalue weighted by molar-refractivity contribution is 0.0117. The highest BCUT2D eigenvalue weighted by Gasteiger charge is 2.26. The SMILES string of the molecule is COc1ccc(C(C)C(C)NCC(C)(O)C(C)C)cc1. The van der Waals surface area contributed by atoms with Crippen molar-refractivity contribution in [1.82, 2.24) is 5.32 Å². The molecule has 0 aromatic heterocycles. The molecule has 0 saturated carbocycles. The zero-order valence-electron chi connectivity index (χ0n) is 13.6. The fourth-order valence-electron chi connectivity index (χ4n) is 1.94. The van der Waals surface area contributed by atoms with Gasteiger partial charge in [-0.3, -0.25) is 0 Å². The van der Waals surface area contributed by atoms with Gasteiger partial charge in [0.25, 0.3) is 0 Å². The molecule has 1 rings (SSSR count). The van der Waals surface area contributed by atoms with Gasteiger partial charge in [-0.1, -0.05) is 32.9 Å². The van der Waals surface area contributed by atoms with Crippen LogP contribution in [0.15, 0.2) is 24.3 Å². The first-order valence-corrected chi connectivity index (χ1v) is 7.37. The Balaban J connectivity index is 2.60. The van der Waals surface area contributed by atoms with E-state index in [1.165, 1.54) is 5.56 Å². The van der Waals surface area contributed by atoms with Crippen LogP contribution in [0.2, 0.25) is 0 Å². The Labute approximate surface area is 123 Å². The van der Waals surface area contributed by atoms with Gasteiger partial charge in [0.1, 0.15) is 5.75 Å². The Morgan fingerprint density at radius 3 is 2.15 bits per heavy atom. The summed E-state index contributed by atoms with van der Waals surface area (Å²) < 4.78 is 5.18. The minimum atomic E-state index is -0.673. The number of hydrogen-bond acceptors (Lipinski definition) is 3. The van der Waals surface area contributed by atoms with E-state index < -0.39 is 5.60 Å². The van der Waals surface area contributed by atoms with Gasteiger partial charge < -0.3 is 15.2 Å². The van der Waals surface area contributed by atoms with Crippen molar-refractivity contribution >= 4 is 0 Å². The molecule has 0 heterocycles. The molecule has 0 fully saturated rings. The standard InChI is InChI=1S/C17H29NO2/c1-12(2)17(5,19)11-18-14(4)13(3)15-7-9-16(20-6)10-8-15/h7-10,12-14,18-19H,11H2,1-6H3. The molecule has 3 nitrogen and oxygen atoms in total. The molecule has 3 heteroatoms. The first-order chi connectivity index (χ1) is 9.27. The highest BCUT2D eigenvalue weighted by atomic mass is 16.5. The second-order valence-electron chi connectivity index (χ2n) is 6.24. The van der Waals surface area contributed by atoms with Crippen molar-refractivity contribution in [3.8, 4) is 5.75 Å². The first-order valence-electron chi connectivity index (χ1n) is 7.37. The summed E-state index contributed by atoms with van der Waals surface area (Å²) in [4.78, 5) is 0. The number of benzene rings is 1. The van der Waals surface area contributed by atoms with E-state index in [9.17, 15) is 5.11 Å². The molecule has 1 aromatic carbocycles. The molecule has 20 heavy (non-hydrogen) atoms. The minimum Gasteiger partial charge on any atom is -0.497 e. The molecule has 1 aromatic rings. The van der Waals surface area contributed by atoms with Gasteiger partial charge >= 0.3 is 0 Å². The van der Waals surface area contributed by atoms with E-state index in [1.807, 2.05) is 32.9 Å². The summed E-state index contributed by atoms with van der Waals surface area (Å²) in [6.07, 6.45) is 0. The van der Waals surface area contributed by atoms with E-state index in [4.69, 9.17) is 4.74 Å².